The molecule has 0 unspecified atom stereocenters. The van der Waals surface area contributed by atoms with Crippen LogP contribution in [0.4, 0.5) is 0 Å². The molecule has 0 saturated heterocycles. The van der Waals surface area contributed by atoms with Crippen molar-refractivity contribution >= 4 is 17.4 Å². The smallest absolute Gasteiger partial charge is 0.194 e. The summed E-state index contributed by atoms with van der Waals surface area (Å²) in [5.41, 5.74) is 2.08. The van der Waals surface area contributed by atoms with Crippen LogP contribution in [0.15, 0.2) is 42.5 Å². The third-order valence-corrected chi connectivity index (χ3v) is 3.88. The van der Waals surface area contributed by atoms with E-state index in [-0.39, 0.29) is 5.78 Å². The maximum atomic E-state index is 12.4. The van der Waals surface area contributed by atoms with Crippen molar-refractivity contribution in [3.63, 3.8) is 0 Å². The average molecular weight is 287 g/mol. The molecular formula is C17H15ClO2. The summed E-state index contributed by atoms with van der Waals surface area (Å²) in [4.78, 5) is 12.4. The minimum absolute atomic E-state index is 0.0586. The Morgan fingerprint density at radius 2 is 1.85 bits per heavy atom. The SMILES string of the molecule is Cc1cccc(C(=O)c2ccc(OC3CC3)cc2)c1Cl. The fourth-order valence-electron chi connectivity index (χ4n) is 2.04. The van der Waals surface area contributed by atoms with E-state index in [0.29, 0.717) is 22.3 Å². The minimum Gasteiger partial charge on any atom is -0.490 e. The lowest BCUT2D eigenvalue weighted by atomic mass is 10.0. The third-order valence-electron chi connectivity index (χ3n) is 3.38. The van der Waals surface area contributed by atoms with Crippen molar-refractivity contribution in [1.29, 1.82) is 0 Å². The van der Waals surface area contributed by atoms with E-state index in [1.165, 1.54) is 0 Å². The van der Waals surface area contributed by atoms with Gasteiger partial charge in [0.15, 0.2) is 5.78 Å². The normalized spacial score (nSPS) is 14.1. The van der Waals surface area contributed by atoms with Gasteiger partial charge in [0.1, 0.15) is 5.75 Å². The van der Waals surface area contributed by atoms with Gasteiger partial charge in [0.25, 0.3) is 0 Å². The molecule has 0 aromatic heterocycles. The lowest BCUT2D eigenvalue weighted by molar-refractivity contribution is 0.103. The number of carbonyl (C=O) groups is 1. The highest BCUT2D eigenvalue weighted by Gasteiger charge is 2.23. The first-order valence-electron chi connectivity index (χ1n) is 6.71. The van der Waals surface area contributed by atoms with Crippen LogP contribution in [0.2, 0.25) is 5.02 Å². The summed E-state index contributed by atoms with van der Waals surface area (Å²) in [6, 6.07) is 12.8. The zero-order valence-electron chi connectivity index (χ0n) is 11.2. The largest absolute Gasteiger partial charge is 0.490 e. The highest BCUT2D eigenvalue weighted by molar-refractivity contribution is 6.35. The van der Waals surface area contributed by atoms with Crippen LogP contribution in [-0.4, -0.2) is 11.9 Å². The molecule has 1 aliphatic rings. The van der Waals surface area contributed by atoms with Gasteiger partial charge in [-0.1, -0.05) is 23.7 Å². The molecule has 3 heteroatoms. The number of rotatable bonds is 4. The molecule has 2 nitrogen and oxygen atoms in total. The van der Waals surface area contributed by atoms with E-state index in [1.54, 1.807) is 18.2 Å². The van der Waals surface area contributed by atoms with Crippen LogP contribution >= 0.6 is 11.6 Å². The van der Waals surface area contributed by atoms with Gasteiger partial charge in [0, 0.05) is 11.1 Å². The lowest BCUT2D eigenvalue weighted by Gasteiger charge is -2.07. The number of carbonyl (C=O) groups excluding carboxylic acids is 1. The second-order valence-corrected chi connectivity index (χ2v) is 5.49. The number of hydrogen-bond donors (Lipinski definition) is 0. The van der Waals surface area contributed by atoms with Crippen LogP contribution in [0.3, 0.4) is 0 Å². The molecule has 0 aliphatic heterocycles. The summed E-state index contributed by atoms with van der Waals surface area (Å²) in [6.07, 6.45) is 2.61. The van der Waals surface area contributed by atoms with E-state index in [0.717, 1.165) is 24.2 Å². The molecule has 2 aromatic rings. The molecule has 20 heavy (non-hydrogen) atoms. The topological polar surface area (TPSA) is 26.3 Å². The zero-order valence-corrected chi connectivity index (χ0v) is 12.0. The van der Waals surface area contributed by atoms with Crippen LogP contribution in [0, 0.1) is 6.92 Å². The first-order chi connectivity index (χ1) is 9.65. The predicted octanol–water partition coefficient (Wildman–Crippen LogP) is 4.42. The molecular weight excluding hydrogens is 272 g/mol. The van der Waals surface area contributed by atoms with Gasteiger partial charge < -0.3 is 4.74 Å². The van der Waals surface area contributed by atoms with E-state index in [4.69, 9.17) is 16.3 Å². The Balaban J connectivity index is 1.84. The van der Waals surface area contributed by atoms with E-state index < -0.39 is 0 Å². The maximum absolute atomic E-state index is 12.4. The fraction of sp³-hybridized carbons (Fsp3) is 0.235. The summed E-state index contributed by atoms with van der Waals surface area (Å²) in [6.45, 7) is 1.89. The number of ether oxygens (including phenoxy) is 1. The molecule has 3 rings (SSSR count). The number of aryl methyl sites for hydroxylation is 1. The molecule has 0 N–H and O–H groups in total. The minimum atomic E-state index is -0.0586. The van der Waals surface area contributed by atoms with E-state index >= 15 is 0 Å². The summed E-state index contributed by atoms with van der Waals surface area (Å²) in [5.74, 6) is 0.760. The fourth-order valence-corrected chi connectivity index (χ4v) is 2.25. The van der Waals surface area contributed by atoms with Gasteiger partial charge in [-0.3, -0.25) is 4.79 Å². The van der Waals surface area contributed by atoms with Crippen molar-refractivity contribution in [1.82, 2.24) is 0 Å². The van der Waals surface area contributed by atoms with Crippen molar-refractivity contribution in [3.8, 4) is 5.75 Å². The zero-order chi connectivity index (χ0) is 14.1. The number of hydrogen-bond acceptors (Lipinski definition) is 2. The molecule has 1 fully saturated rings. The summed E-state index contributed by atoms with van der Waals surface area (Å²) in [5, 5.41) is 0.524. The molecule has 102 valence electrons. The molecule has 1 saturated carbocycles. The van der Waals surface area contributed by atoms with Crippen LogP contribution in [0.5, 0.6) is 5.75 Å². The van der Waals surface area contributed by atoms with Crippen LogP contribution < -0.4 is 4.74 Å². The Morgan fingerprint density at radius 3 is 2.50 bits per heavy atom. The van der Waals surface area contributed by atoms with Crippen molar-refractivity contribution < 1.29 is 9.53 Å². The summed E-state index contributed by atoms with van der Waals surface area (Å²) in [7, 11) is 0. The quantitative estimate of drug-likeness (QED) is 0.778. The Kier molecular flexibility index (Phi) is 3.49. The van der Waals surface area contributed by atoms with Crippen LogP contribution in [-0.2, 0) is 0 Å². The average Bonchev–Trinajstić information content (AvgIpc) is 3.26. The molecule has 0 bridgehead atoms. The molecule has 2 aromatic carbocycles. The third kappa shape index (κ3) is 2.70. The first kappa shape index (κ1) is 13.2. The van der Waals surface area contributed by atoms with Crippen molar-refractivity contribution in [3.05, 3.63) is 64.2 Å². The van der Waals surface area contributed by atoms with E-state index in [2.05, 4.69) is 0 Å². The van der Waals surface area contributed by atoms with Gasteiger partial charge in [-0.2, -0.15) is 0 Å². The number of ketones is 1. The van der Waals surface area contributed by atoms with Crippen LogP contribution in [0.25, 0.3) is 0 Å². The molecule has 1 aliphatic carbocycles. The molecule has 0 spiro atoms. The monoisotopic (exact) mass is 286 g/mol. The Labute approximate surface area is 123 Å². The molecule has 0 atom stereocenters. The van der Waals surface area contributed by atoms with Gasteiger partial charge in [-0.25, -0.2) is 0 Å². The van der Waals surface area contributed by atoms with E-state index in [1.807, 2.05) is 31.2 Å². The Morgan fingerprint density at radius 1 is 1.15 bits per heavy atom. The van der Waals surface area contributed by atoms with Gasteiger partial charge in [-0.15, -0.1) is 0 Å². The van der Waals surface area contributed by atoms with Crippen molar-refractivity contribution in [2.75, 3.05) is 0 Å². The summed E-state index contributed by atoms with van der Waals surface area (Å²) >= 11 is 6.20. The van der Waals surface area contributed by atoms with Gasteiger partial charge >= 0.3 is 0 Å². The van der Waals surface area contributed by atoms with Crippen molar-refractivity contribution in [2.45, 2.75) is 25.9 Å². The summed E-state index contributed by atoms with van der Waals surface area (Å²) < 4.78 is 5.67. The van der Waals surface area contributed by atoms with E-state index in [9.17, 15) is 4.79 Å². The highest BCUT2D eigenvalue weighted by Crippen LogP contribution is 2.28. The number of benzene rings is 2. The first-order valence-corrected chi connectivity index (χ1v) is 7.09. The van der Waals surface area contributed by atoms with Crippen LogP contribution in [0.1, 0.15) is 34.3 Å². The predicted molar refractivity (Wildman–Crippen MR) is 79.7 cm³/mol. The Bertz CT molecular complexity index is 643. The molecule has 0 heterocycles. The highest BCUT2D eigenvalue weighted by atomic mass is 35.5. The van der Waals surface area contributed by atoms with Gasteiger partial charge in [0.2, 0.25) is 0 Å². The van der Waals surface area contributed by atoms with Gasteiger partial charge in [0.05, 0.1) is 11.1 Å². The van der Waals surface area contributed by atoms with Crippen molar-refractivity contribution in [2.24, 2.45) is 0 Å². The van der Waals surface area contributed by atoms with Gasteiger partial charge in [-0.05, 0) is 55.7 Å². The Hall–Kier alpha value is -1.80. The molecule has 0 amide bonds. The maximum Gasteiger partial charge on any atom is 0.194 e. The second kappa shape index (κ2) is 5.29. The number of halogens is 1. The standard InChI is InChI=1S/C17H15ClO2/c1-11-3-2-4-15(16(11)18)17(19)12-5-7-13(8-6-12)20-14-9-10-14/h2-8,14H,9-10H2,1H3. The molecule has 0 radical (unpaired) electrons. The second-order valence-electron chi connectivity index (χ2n) is 5.11. The lowest BCUT2D eigenvalue weighted by Crippen LogP contribution is -2.03.